The normalized spacial score (nSPS) is 26.3. The molecular weight excluding hydrogens is 527 g/mol. The number of halogens is 1. The number of allylic oxidation sites excluding steroid dienone is 1. The van der Waals surface area contributed by atoms with Gasteiger partial charge in [-0.1, -0.05) is 20.1 Å². The summed E-state index contributed by atoms with van der Waals surface area (Å²) in [7, 11) is -3.49. The smallest absolute Gasteiger partial charge is 0.264 e. The monoisotopic (exact) mass is 560 g/mol. The summed E-state index contributed by atoms with van der Waals surface area (Å²) in [5.74, 6) is 2.77. The van der Waals surface area contributed by atoms with Crippen LogP contribution in [0.4, 0.5) is 0 Å². The van der Waals surface area contributed by atoms with Gasteiger partial charge >= 0.3 is 0 Å². The quantitative estimate of drug-likeness (QED) is 0.182. The zero-order chi connectivity index (χ0) is 20.7. The van der Waals surface area contributed by atoms with E-state index in [1.54, 1.807) is 0 Å². The Balaban J connectivity index is 1.80. The van der Waals surface area contributed by atoms with Gasteiger partial charge in [0.15, 0.2) is 0 Å². The first-order chi connectivity index (χ1) is 13.1. The Kier molecular flexibility index (Phi) is 10.7. The van der Waals surface area contributed by atoms with E-state index in [2.05, 4.69) is 66.2 Å². The molecule has 2 heterocycles. The van der Waals surface area contributed by atoms with E-state index in [1.165, 1.54) is 24.3 Å². The maximum atomic E-state index is 11.6. The summed E-state index contributed by atoms with van der Waals surface area (Å²) < 4.78 is 36.6. The second-order valence-electron chi connectivity index (χ2n) is 7.79. The van der Waals surface area contributed by atoms with Gasteiger partial charge in [-0.15, -0.1) is 23.5 Å². The Hall–Kier alpha value is 0.780. The summed E-state index contributed by atoms with van der Waals surface area (Å²) in [6.45, 7) is 10.2. The highest BCUT2D eigenvalue weighted by Crippen LogP contribution is 2.37. The molecule has 0 amide bonds. The third-order valence-electron chi connectivity index (χ3n) is 5.14. The van der Waals surface area contributed by atoms with Gasteiger partial charge in [0, 0.05) is 0 Å². The Labute approximate surface area is 193 Å². The zero-order valence-electron chi connectivity index (χ0n) is 16.9. The van der Waals surface area contributed by atoms with E-state index in [-0.39, 0.29) is 24.2 Å². The number of hydrogen-bond donors (Lipinski definition) is 0. The fraction of sp³-hybridized carbons (Fsp3) is 0.800. The first-order valence-corrected chi connectivity index (χ1v) is 14.9. The maximum Gasteiger partial charge on any atom is 0.264 e. The van der Waals surface area contributed by atoms with Crippen molar-refractivity contribution < 1.29 is 17.3 Å². The van der Waals surface area contributed by atoms with Crippen LogP contribution >= 0.6 is 46.1 Å². The van der Waals surface area contributed by atoms with E-state index in [4.69, 9.17) is 8.92 Å². The summed E-state index contributed by atoms with van der Waals surface area (Å²) in [5.41, 5.74) is 1.14. The van der Waals surface area contributed by atoms with Crippen molar-refractivity contribution in [2.24, 2.45) is 5.92 Å². The molecule has 0 aromatic carbocycles. The fourth-order valence-electron chi connectivity index (χ4n) is 3.58. The van der Waals surface area contributed by atoms with E-state index in [0.29, 0.717) is 17.4 Å². The van der Waals surface area contributed by atoms with E-state index < -0.39 is 10.1 Å². The van der Waals surface area contributed by atoms with E-state index in [1.807, 2.05) is 0 Å². The van der Waals surface area contributed by atoms with Crippen molar-refractivity contribution in [2.75, 3.05) is 17.8 Å². The minimum Gasteiger partial charge on any atom is -0.370 e. The highest BCUT2D eigenvalue weighted by atomic mass is 127. The van der Waals surface area contributed by atoms with Crippen molar-refractivity contribution in [3.8, 4) is 0 Å². The molecule has 0 aromatic heterocycles. The van der Waals surface area contributed by atoms with Gasteiger partial charge in [-0.2, -0.15) is 8.42 Å². The van der Waals surface area contributed by atoms with Gasteiger partial charge in [-0.3, -0.25) is 4.18 Å². The Bertz CT molecular complexity index is 631. The lowest BCUT2D eigenvalue weighted by atomic mass is 9.97. The lowest BCUT2D eigenvalue weighted by molar-refractivity contribution is 0.0348. The molecule has 0 bridgehead atoms. The van der Waals surface area contributed by atoms with Crippen LogP contribution in [-0.4, -0.2) is 49.1 Å². The van der Waals surface area contributed by atoms with Crippen molar-refractivity contribution in [3.63, 3.8) is 0 Å². The Morgan fingerprint density at radius 2 is 2.00 bits per heavy atom. The number of ether oxygens (including phenoxy) is 1. The minimum atomic E-state index is -3.49. The average Bonchev–Trinajstić information content (AvgIpc) is 2.97. The molecule has 0 aliphatic carbocycles. The van der Waals surface area contributed by atoms with Crippen LogP contribution in [0.15, 0.2) is 22.3 Å². The molecule has 0 aromatic rings. The second kappa shape index (κ2) is 12.0. The average molecular weight is 561 g/mol. The Morgan fingerprint density at radius 1 is 1.32 bits per heavy atom. The van der Waals surface area contributed by atoms with Gasteiger partial charge in [-0.25, -0.2) is 0 Å². The molecule has 2 aliphatic rings. The number of hydrogen-bond acceptors (Lipinski definition) is 6. The summed E-state index contributed by atoms with van der Waals surface area (Å²) in [6, 6.07) is 0. The SMILES string of the molecule is C=C(I)[C@H](C)C[C@@H](CC[C@@H]1O[C@@H](CCC2SCCCS2)CC1=C)OS(C)(=O)=O. The summed E-state index contributed by atoms with van der Waals surface area (Å²) in [5, 5.41) is 0. The predicted octanol–water partition coefficient (Wildman–Crippen LogP) is 5.78. The molecule has 2 rings (SSSR count). The Morgan fingerprint density at radius 3 is 2.61 bits per heavy atom. The molecule has 0 saturated carbocycles. The molecule has 28 heavy (non-hydrogen) atoms. The molecule has 0 spiro atoms. The zero-order valence-corrected chi connectivity index (χ0v) is 21.5. The molecule has 4 nitrogen and oxygen atoms in total. The molecule has 2 aliphatic heterocycles. The maximum absolute atomic E-state index is 11.6. The van der Waals surface area contributed by atoms with Gasteiger partial charge in [0.05, 0.1) is 29.1 Å². The highest BCUT2D eigenvalue weighted by molar-refractivity contribution is 14.1. The van der Waals surface area contributed by atoms with Crippen LogP contribution in [0.25, 0.3) is 0 Å². The first kappa shape index (κ1) is 25.0. The molecule has 2 saturated heterocycles. The van der Waals surface area contributed by atoms with E-state index >= 15 is 0 Å². The molecule has 162 valence electrons. The fourth-order valence-corrected chi connectivity index (χ4v) is 7.40. The van der Waals surface area contributed by atoms with Crippen LogP contribution in [-0.2, 0) is 19.0 Å². The summed E-state index contributed by atoms with van der Waals surface area (Å²) in [4.78, 5) is 0. The standard InChI is InChI=1S/C20H33IO4S3/c1-14(16(3)21)12-18(25-28(4,22)23)6-8-19-15(2)13-17(24-19)7-9-20-26-10-5-11-27-20/h14,17-20H,2-3,5-13H2,1,4H3/t14-,17+,18-,19+/m1/s1. The van der Waals surface area contributed by atoms with Crippen molar-refractivity contribution in [2.45, 2.75) is 74.8 Å². The van der Waals surface area contributed by atoms with Gasteiger partial charge < -0.3 is 4.74 Å². The minimum absolute atomic E-state index is 0.0143. The van der Waals surface area contributed by atoms with Gasteiger partial charge in [-0.05, 0) is 94.1 Å². The number of thioether (sulfide) groups is 2. The van der Waals surface area contributed by atoms with Crippen LogP contribution in [0.1, 0.15) is 51.9 Å². The molecule has 4 atom stereocenters. The van der Waals surface area contributed by atoms with Crippen molar-refractivity contribution in [1.82, 2.24) is 0 Å². The van der Waals surface area contributed by atoms with Crippen molar-refractivity contribution in [1.29, 1.82) is 0 Å². The molecule has 8 heteroatoms. The van der Waals surface area contributed by atoms with Crippen LogP contribution in [0.5, 0.6) is 0 Å². The summed E-state index contributed by atoms with van der Waals surface area (Å²) >= 11 is 6.36. The first-order valence-electron chi connectivity index (χ1n) is 9.93. The van der Waals surface area contributed by atoms with E-state index in [0.717, 1.165) is 34.7 Å². The third kappa shape index (κ3) is 9.29. The lowest BCUT2D eigenvalue weighted by Gasteiger charge is -2.23. The van der Waals surface area contributed by atoms with Crippen molar-refractivity contribution in [3.05, 3.63) is 22.3 Å². The molecule has 0 radical (unpaired) electrons. The summed E-state index contributed by atoms with van der Waals surface area (Å²) in [6.07, 6.45) is 7.60. The number of rotatable bonds is 11. The molecular formula is C20H33IO4S3. The van der Waals surface area contributed by atoms with Gasteiger partial charge in [0.25, 0.3) is 10.1 Å². The lowest BCUT2D eigenvalue weighted by Crippen LogP contribution is -2.23. The van der Waals surface area contributed by atoms with Crippen LogP contribution in [0.3, 0.4) is 0 Å². The van der Waals surface area contributed by atoms with Crippen LogP contribution < -0.4 is 0 Å². The third-order valence-corrected chi connectivity index (χ3v) is 9.90. The predicted molar refractivity (Wildman–Crippen MR) is 131 cm³/mol. The largest absolute Gasteiger partial charge is 0.370 e. The second-order valence-corrected chi connectivity index (χ2v) is 13.7. The highest BCUT2D eigenvalue weighted by Gasteiger charge is 2.31. The topological polar surface area (TPSA) is 52.6 Å². The van der Waals surface area contributed by atoms with E-state index in [9.17, 15) is 8.42 Å². The molecule has 0 unspecified atom stereocenters. The van der Waals surface area contributed by atoms with Gasteiger partial charge in [0.2, 0.25) is 0 Å². The van der Waals surface area contributed by atoms with Crippen LogP contribution in [0, 0.1) is 5.92 Å². The molecule has 2 fully saturated rings. The van der Waals surface area contributed by atoms with Crippen molar-refractivity contribution >= 4 is 56.2 Å². The molecule has 0 N–H and O–H groups in total. The van der Waals surface area contributed by atoms with Gasteiger partial charge in [0.1, 0.15) is 0 Å². The van der Waals surface area contributed by atoms with Crippen LogP contribution in [0.2, 0.25) is 0 Å².